The number of unbranched alkanes of at least 4 members (excludes halogenated alkanes) is 1. The van der Waals surface area contributed by atoms with Gasteiger partial charge in [-0.25, -0.2) is 4.98 Å². The molecule has 7 heteroatoms. The van der Waals surface area contributed by atoms with Crippen LogP contribution in [-0.2, 0) is 6.54 Å². The third-order valence-electron chi connectivity index (χ3n) is 4.74. The van der Waals surface area contributed by atoms with Gasteiger partial charge in [-0.05, 0) is 32.9 Å². The molecular weight excluding hydrogens is 332 g/mol. The van der Waals surface area contributed by atoms with Crippen LogP contribution in [0.5, 0.6) is 0 Å². The molecule has 0 spiro atoms. The van der Waals surface area contributed by atoms with Crippen molar-refractivity contribution in [3.8, 4) is 0 Å². The van der Waals surface area contributed by atoms with Crippen LogP contribution in [0, 0.1) is 6.92 Å². The lowest BCUT2D eigenvalue weighted by atomic mass is 10.2. The summed E-state index contributed by atoms with van der Waals surface area (Å²) in [5.74, 6) is 0.946. The van der Waals surface area contributed by atoms with Crippen LogP contribution < -0.4 is 5.32 Å². The van der Waals surface area contributed by atoms with E-state index in [0.717, 1.165) is 29.8 Å². The number of aliphatic imine (C=N–C) groups is 1. The van der Waals surface area contributed by atoms with Crippen molar-refractivity contribution >= 4 is 17.3 Å². The van der Waals surface area contributed by atoms with Gasteiger partial charge in [0.25, 0.3) is 0 Å². The van der Waals surface area contributed by atoms with Crippen molar-refractivity contribution in [1.82, 2.24) is 25.0 Å². The minimum atomic E-state index is 0.797. The van der Waals surface area contributed by atoms with Gasteiger partial charge in [-0.2, -0.15) is 0 Å². The zero-order valence-corrected chi connectivity index (χ0v) is 17.1. The predicted octanol–water partition coefficient (Wildman–Crippen LogP) is 1.88. The van der Waals surface area contributed by atoms with Gasteiger partial charge in [-0.15, -0.1) is 11.3 Å². The van der Waals surface area contributed by atoms with Crippen molar-refractivity contribution in [2.24, 2.45) is 4.99 Å². The molecule has 0 unspecified atom stereocenters. The Morgan fingerprint density at radius 2 is 2.00 bits per heavy atom. The fourth-order valence-corrected chi connectivity index (χ4v) is 3.78. The fraction of sp³-hybridized carbons (Fsp3) is 0.778. The van der Waals surface area contributed by atoms with E-state index in [1.807, 2.05) is 14.0 Å². The van der Waals surface area contributed by atoms with Gasteiger partial charge in [0.1, 0.15) is 0 Å². The molecule has 0 radical (unpaired) electrons. The van der Waals surface area contributed by atoms with Crippen molar-refractivity contribution in [3.63, 3.8) is 0 Å². The number of nitrogens with one attached hydrogen (secondary N) is 1. The number of thiazole rings is 1. The Bertz CT molecular complexity index is 521. The van der Waals surface area contributed by atoms with E-state index in [4.69, 9.17) is 0 Å². The van der Waals surface area contributed by atoms with Crippen molar-refractivity contribution in [3.05, 3.63) is 16.1 Å². The molecule has 0 aromatic carbocycles. The molecule has 0 atom stereocenters. The van der Waals surface area contributed by atoms with Crippen LogP contribution in [0.4, 0.5) is 0 Å². The number of piperazine rings is 1. The van der Waals surface area contributed by atoms with E-state index < -0.39 is 0 Å². The van der Waals surface area contributed by atoms with Crippen LogP contribution in [0.25, 0.3) is 0 Å². The maximum absolute atomic E-state index is 4.53. The van der Waals surface area contributed by atoms with Crippen molar-refractivity contribution in [1.29, 1.82) is 0 Å². The third kappa shape index (κ3) is 6.92. The molecule has 1 aliphatic heterocycles. The molecule has 6 nitrogen and oxygen atoms in total. The molecule has 1 N–H and O–H groups in total. The van der Waals surface area contributed by atoms with E-state index in [2.05, 4.69) is 49.3 Å². The number of nitrogens with zero attached hydrogens (tertiary/aromatic N) is 5. The summed E-state index contributed by atoms with van der Waals surface area (Å²) in [6.07, 6.45) is 2.42. The van der Waals surface area contributed by atoms with E-state index in [1.165, 1.54) is 52.1 Å². The Labute approximate surface area is 156 Å². The van der Waals surface area contributed by atoms with E-state index in [-0.39, 0.29) is 0 Å². The van der Waals surface area contributed by atoms with E-state index in [9.17, 15) is 0 Å². The Morgan fingerprint density at radius 3 is 2.60 bits per heavy atom. The molecule has 0 saturated carbocycles. The van der Waals surface area contributed by atoms with Crippen LogP contribution in [-0.4, -0.2) is 85.6 Å². The lowest BCUT2D eigenvalue weighted by molar-refractivity contribution is 0.136. The highest BCUT2D eigenvalue weighted by Crippen LogP contribution is 2.09. The normalized spacial score (nSPS) is 17.0. The maximum Gasteiger partial charge on any atom is 0.193 e. The monoisotopic (exact) mass is 366 g/mol. The second kappa shape index (κ2) is 10.7. The highest BCUT2D eigenvalue weighted by Gasteiger charge is 2.14. The summed E-state index contributed by atoms with van der Waals surface area (Å²) >= 11 is 1.70. The lowest BCUT2D eigenvalue weighted by Crippen LogP contribution is -2.46. The highest BCUT2D eigenvalue weighted by molar-refractivity contribution is 7.09. The number of hydrogen-bond acceptors (Lipinski definition) is 5. The summed E-state index contributed by atoms with van der Waals surface area (Å²) in [6.45, 7) is 13.4. The first kappa shape index (κ1) is 20.1. The number of rotatable bonds is 8. The fourth-order valence-electron chi connectivity index (χ4n) is 3.17. The number of aromatic nitrogens is 1. The molecule has 1 fully saturated rings. The van der Waals surface area contributed by atoms with Gasteiger partial charge in [-0.1, -0.05) is 6.92 Å². The van der Waals surface area contributed by atoms with Gasteiger partial charge in [0.2, 0.25) is 0 Å². The zero-order chi connectivity index (χ0) is 18.1. The quantitative estimate of drug-likeness (QED) is 0.432. The first-order valence-corrected chi connectivity index (χ1v) is 10.3. The zero-order valence-electron chi connectivity index (χ0n) is 16.3. The van der Waals surface area contributed by atoms with E-state index >= 15 is 0 Å². The Kier molecular flexibility index (Phi) is 8.64. The SMILES string of the molecule is CCN1CCN(CCCCNC(=NC)N(C)Cc2csc(C)n2)CC1. The third-order valence-corrected chi connectivity index (χ3v) is 5.56. The summed E-state index contributed by atoms with van der Waals surface area (Å²) in [4.78, 5) is 16.2. The minimum Gasteiger partial charge on any atom is -0.356 e. The highest BCUT2D eigenvalue weighted by atomic mass is 32.1. The summed E-state index contributed by atoms with van der Waals surface area (Å²) in [6, 6.07) is 0. The van der Waals surface area contributed by atoms with Gasteiger partial charge in [0, 0.05) is 52.2 Å². The Hall–Kier alpha value is -1.18. The summed E-state index contributed by atoms with van der Waals surface area (Å²) in [7, 11) is 3.91. The summed E-state index contributed by atoms with van der Waals surface area (Å²) < 4.78 is 0. The summed E-state index contributed by atoms with van der Waals surface area (Å²) in [5, 5.41) is 6.71. The molecule has 2 rings (SSSR count). The average Bonchev–Trinajstić information content (AvgIpc) is 3.03. The first-order valence-electron chi connectivity index (χ1n) is 9.40. The smallest absolute Gasteiger partial charge is 0.193 e. The van der Waals surface area contributed by atoms with Gasteiger partial charge < -0.3 is 20.0 Å². The predicted molar refractivity (Wildman–Crippen MR) is 107 cm³/mol. The molecule has 0 amide bonds. The van der Waals surface area contributed by atoms with Crippen molar-refractivity contribution in [2.45, 2.75) is 33.2 Å². The number of hydrogen-bond donors (Lipinski definition) is 1. The Balaban J connectivity index is 1.59. The van der Waals surface area contributed by atoms with Crippen LogP contribution in [0.3, 0.4) is 0 Å². The summed E-state index contributed by atoms with van der Waals surface area (Å²) in [5.41, 5.74) is 1.11. The molecule has 142 valence electrons. The standard InChI is InChI=1S/C18H34N6S/c1-5-23-10-12-24(13-11-23)9-7-6-8-20-18(19-3)22(4)14-17-15-25-16(2)21-17/h15H,5-14H2,1-4H3,(H,19,20). The molecule has 1 aromatic heterocycles. The lowest BCUT2D eigenvalue weighted by Gasteiger charge is -2.34. The number of guanidine groups is 1. The van der Waals surface area contributed by atoms with E-state index in [0.29, 0.717) is 0 Å². The second-order valence-electron chi connectivity index (χ2n) is 6.67. The Morgan fingerprint density at radius 1 is 1.28 bits per heavy atom. The topological polar surface area (TPSA) is 47.0 Å². The van der Waals surface area contributed by atoms with E-state index in [1.54, 1.807) is 11.3 Å². The molecule has 25 heavy (non-hydrogen) atoms. The maximum atomic E-state index is 4.53. The second-order valence-corrected chi connectivity index (χ2v) is 7.73. The van der Waals surface area contributed by atoms with Crippen molar-refractivity contribution < 1.29 is 0 Å². The first-order chi connectivity index (χ1) is 12.1. The van der Waals surface area contributed by atoms with Crippen LogP contribution in [0.1, 0.15) is 30.5 Å². The van der Waals surface area contributed by atoms with Crippen LogP contribution >= 0.6 is 11.3 Å². The van der Waals surface area contributed by atoms with Gasteiger partial charge in [-0.3, -0.25) is 4.99 Å². The molecule has 2 heterocycles. The molecule has 0 bridgehead atoms. The van der Waals surface area contributed by atoms with Crippen LogP contribution in [0.2, 0.25) is 0 Å². The number of aryl methyl sites for hydroxylation is 1. The molecule has 0 aliphatic carbocycles. The van der Waals surface area contributed by atoms with Gasteiger partial charge in [0.05, 0.1) is 17.2 Å². The molecular formula is C18H34N6S. The molecule has 1 saturated heterocycles. The van der Waals surface area contributed by atoms with Gasteiger partial charge >= 0.3 is 0 Å². The largest absolute Gasteiger partial charge is 0.356 e. The average molecular weight is 367 g/mol. The van der Waals surface area contributed by atoms with Crippen LogP contribution in [0.15, 0.2) is 10.4 Å². The number of likely N-dealkylation sites (N-methyl/N-ethyl adjacent to an activating group) is 1. The van der Waals surface area contributed by atoms with Crippen molar-refractivity contribution in [2.75, 3.05) is 59.9 Å². The van der Waals surface area contributed by atoms with Gasteiger partial charge in [0.15, 0.2) is 5.96 Å². The minimum absolute atomic E-state index is 0.797. The molecule has 1 aromatic rings. The molecule has 1 aliphatic rings.